The van der Waals surface area contributed by atoms with Gasteiger partial charge in [-0.3, -0.25) is 9.59 Å². The molecule has 0 saturated carbocycles. The molecule has 0 amide bonds. The van der Waals surface area contributed by atoms with Crippen molar-refractivity contribution >= 4 is 23.3 Å². The number of hydrogen-bond donors (Lipinski definition) is 1. The number of rotatable bonds is 7. The van der Waals surface area contributed by atoms with E-state index in [2.05, 4.69) is 15.2 Å². The van der Waals surface area contributed by atoms with Gasteiger partial charge in [0.25, 0.3) is 5.22 Å². The lowest BCUT2D eigenvalue weighted by molar-refractivity contribution is 0.0988. The van der Waals surface area contributed by atoms with Gasteiger partial charge in [0, 0.05) is 11.3 Å². The van der Waals surface area contributed by atoms with Crippen molar-refractivity contribution in [3.8, 4) is 0 Å². The molecular weight excluding hydrogens is 362 g/mol. The first kappa shape index (κ1) is 19.1. The first-order chi connectivity index (χ1) is 12.9. The van der Waals surface area contributed by atoms with E-state index in [1.54, 1.807) is 20.8 Å². The van der Waals surface area contributed by atoms with E-state index in [0.717, 1.165) is 5.56 Å². The number of carbonyl (C=O) groups excluding carboxylic acids is 2. The molecule has 0 saturated heterocycles. The molecule has 1 aromatic carbocycles. The number of carbonyl (C=O) groups is 2. The minimum atomic E-state index is -0.424. The number of H-pyrrole nitrogens is 1. The minimum absolute atomic E-state index is 0.0527. The lowest BCUT2D eigenvalue weighted by Crippen LogP contribution is -2.15. The van der Waals surface area contributed by atoms with E-state index in [1.165, 1.54) is 18.7 Å². The summed E-state index contributed by atoms with van der Waals surface area (Å²) < 4.78 is 5.67. The Kier molecular flexibility index (Phi) is 5.60. The van der Waals surface area contributed by atoms with Crippen LogP contribution in [0.25, 0.3) is 0 Å². The molecule has 0 unspecified atom stereocenters. The van der Waals surface area contributed by atoms with Crippen molar-refractivity contribution in [2.24, 2.45) is 0 Å². The zero-order chi connectivity index (χ0) is 19.6. The van der Waals surface area contributed by atoms with Crippen LogP contribution >= 0.6 is 11.8 Å². The molecule has 6 nitrogen and oxygen atoms in total. The summed E-state index contributed by atoms with van der Waals surface area (Å²) in [4.78, 5) is 27.6. The van der Waals surface area contributed by atoms with Crippen molar-refractivity contribution in [3.63, 3.8) is 0 Å². The summed E-state index contributed by atoms with van der Waals surface area (Å²) in [6.45, 7) is 6.88. The van der Waals surface area contributed by atoms with Crippen LogP contribution in [-0.2, 0) is 6.42 Å². The van der Waals surface area contributed by atoms with E-state index in [9.17, 15) is 9.59 Å². The Bertz CT molecular complexity index is 976. The molecule has 1 N–H and O–H groups in total. The van der Waals surface area contributed by atoms with E-state index < -0.39 is 5.25 Å². The number of Topliss-reactive ketones (excluding diaryl/α,β-unsaturated/α-hetero) is 2. The van der Waals surface area contributed by atoms with Crippen LogP contribution in [0.3, 0.4) is 0 Å². The van der Waals surface area contributed by atoms with Crippen molar-refractivity contribution < 1.29 is 14.0 Å². The number of aromatic amines is 1. The van der Waals surface area contributed by atoms with Gasteiger partial charge in [0.15, 0.2) is 11.6 Å². The molecular formula is C20H21N3O3S. The van der Waals surface area contributed by atoms with Crippen molar-refractivity contribution in [1.29, 1.82) is 0 Å². The Morgan fingerprint density at radius 1 is 1.19 bits per heavy atom. The van der Waals surface area contributed by atoms with Crippen LogP contribution in [0.1, 0.15) is 57.4 Å². The molecule has 0 radical (unpaired) electrons. The SMILES string of the molecule is CC(=O)c1c(C)[nH]c(C(=O)[C@H](C)Sc2nnc(Cc3ccccc3)o2)c1C. The zero-order valence-corrected chi connectivity index (χ0v) is 16.5. The van der Waals surface area contributed by atoms with Gasteiger partial charge in [-0.05, 0) is 38.8 Å². The fourth-order valence-corrected chi connectivity index (χ4v) is 3.82. The van der Waals surface area contributed by atoms with Crippen LogP contribution in [0.2, 0.25) is 0 Å². The second-order valence-electron chi connectivity index (χ2n) is 6.43. The Balaban J connectivity index is 1.71. The fourth-order valence-electron chi connectivity index (χ4n) is 3.06. The Labute approximate surface area is 161 Å². The molecule has 27 heavy (non-hydrogen) atoms. The number of benzene rings is 1. The van der Waals surface area contributed by atoms with E-state index in [1.807, 2.05) is 30.3 Å². The van der Waals surface area contributed by atoms with Gasteiger partial charge in [0.05, 0.1) is 17.4 Å². The van der Waals surface area contributed by atoms with Gasteiger partial charge in [-0.25, -0.2) is 0 Å². The summed E-state index contributed by atoms with van der Waals surface area (Å²) in [5.41, 5.74) is 3.52. The van der Waals surface area contributed by atoms with Crippen molar-refractivity contribution in [3.05, 3.63) is 64.3 Å². The Morgan fingerprint density at radius 3 is 2.52 bits per heavy atom. The molecule has 140 valence electrons. The van der Waals surface area contributed by atoms with Gasteiger partial charge in [-0.2, -0.15) is 0 Å². The average molecular weight is 383 g/mol. The third-order valence-electron chi connectivity index (χ3n) is 4.33. The molecule has 7 heteroatoms. The summed E-state index contributed by atoms with van der Waals surface area (Å²) in [5.74, 6) is 0.355. The standard InChI is InChI=1S/C20H21N3O3S/c1-11-17(13(3)24)12(2)21-18(11)19(25)14(4)27-20-23-22-16(26-20)10-15-8-6-5-7-9-15/h5-9,14,21H,10H2,1-4H3/t14-/m0/s1. The molecule has 0 aliphatic heterocycles. The van der Waals surface area contributed by atoms with E-state index in [0.29, 0.717) is 40.0 Å². The normalized spacial score (nSPS) is 12.1. The minimum Gasteiger partial charge on any atom is -0.416 e. The van der Waals surface area contributed by atoms with Crippen molar-refractivity contribution in [1.82, 2.24) is 15.2 Å². The number of aromatic nitrogens is 3. The largest absolute Gasteiger partial charge is 0.416 e. The molecule has 3 rings (SSSR count). The molecule has 0 aliphatic rings. The summed E-state index contributed by atoms with van der Waals surface area (Å²) in [7, 11) is 0. The molecule has 3 aromatic rings. The van der Waals surface area contributed by atoms with Gasteiger partial charge in [0.2, 0.25) is 5.89 Å². The first-order valence-electron chi connectivity index (χ1n) is 8.64. The lowest BCUT2D eigenvalue weighted by atomic mass is 10.0. The van der Waals surface area contributed by atoms with Crippen LogP contribution in [0.15, 0.2) is 40.0 Å². The smallest absolute Gasteiger partial charge is 0.277 e. The molecule has 0 aliphatic carbocycles. The maximum atomic E-state index is 12.8. The number of nitrogens with zero attached hydrogens (tertiary/aromatic N) is 2. The highest BCUT2D eigenvalue weighted by Gasteiger charge is 2.25. The van der Waals surface area contributed by atoms with Gasteiger partial charge in [0.1, 0.15) is 0 Å². The fraction of sp³-hybridized carbons (Fsp3) is 0.300. The molecule has 1 atom stereocenters. The van der Waals surface area contributed by atoms with Crippen LogP contribution < -0.4 is 0 Å². The lowest BCUT2D eigenvalue weighted by Gasteiger charge is -2.07. The summed E-state index contributed by atoms with van der Waals surface area (Å²) in [6, 6.07) is 9.85. The number of ketones is 2. The quantitative estimate of drug-likeness (QED) is 0.486. The second kappa shape index (κ2) is 7.92. The highest BCUT2D eigenvalue weighted by Crippen LogP contribution is 2.27. The molecule has 0 bridgehead atoms. The zero-order valence-electron chi connectivity index (χ0n) is 15.7. The summed E-state index contributed by atoms with van der Waals surface area (Å²) >= 11 is 1.22. The van der Waals surface area contributed by atoms with E-state index in [-0.39, 0.29) is 11.6 Å². The van der Waals surface area contributed by atoms with Crippen molar-refractivity contribution in [2.45, 2.75) is 44.6 Å². The number of aryl methyl sites for hydroxylation is 1. The maximum absolute atomic E-state index is 12.8. The number of hydrogen-bond acceptors (Lipinski definition) is 6. The molecule has 0 spiro atoms. The van der Waals surface area contributed by atoms with Gasteiger partial charge in [-0.15, -0.1) is 10.2 Å². The predicted octanol–water partition coefficient (Wildman–Crippen LogP) is 4.17. The van der Waals surface area contributed by atoms with E-state index >= 15 is 0 Å². The Morgan fingerprint density at radius 2 is 1.89 bits per heavy atom. The summed E-state index contributed by atoms with van der Waals surface area (Å²) in [6.07, 6.45) is 0.549. The highest BCUT2D eigenvalue weighted by molar-refractivity contribution is 8.00. The molecule has 0 fully saturated rings. The van der Waals surface area contributed by atoms with Crippen LogP contribution in [0, 0.1) is 13.8 Å². The summed E-state index contributed by atoms with van der Waals surface area (Å²) in [5, 5.41) is 8.02. The first-order valence-corrected chi connectivity index (χ1v) is 9.52. The number of thioether (sulfide) groups is 1. The third kappa shape index (κ3) is 4.19. The van der Waals surface area contributed by atoms with E-state index in [4.69, 9.17) is 4.42 Å². The Hall–Kier alpha value is -2.67. The highest BCUT2D eigenvalue weighted by atomic mass is 32.2. The van der Waals surface area contributed by atoms with Crippen LogP contribution in [0.4, 0.5) is 0 Å². The predicted molar refractivity (Wildman–Crippen MR) is 103 cm³/mol. The number of nitrogens with one attached hydrogen (secondary N) is 1. The topological polar surface area (TPSA) is 88.9 Å². The monoisotopic (exact) mass is 383 g/mol. The third-order valence-corrected chi connectivity index (χ3v) is 5.26. The molecule has 2 heterocycles. The van der Waals surface area contributed by atoms with Crippen molar-refractivity contribution in [2.75, 3.05) is 0 Å². The average Bonchev–Trinajstić information content (AvgIpc) is 3.18. The van der Waals surface area contributed by atoms with Gasteiger partial charge < -0.3 is 9.40 Å². The second-order valence-corrected chi connectivity index (χ2v) is 7.72. The van der Waals surface area contributed by atoms with Gasteiger partial charge in [-0.1, -0.05) is 42.1 Å². The van der Waals surface area contributed by atoms with Crippen LogP contribution in [0.5, 0.6) is 0 Å². The van der Waals surface area contributed by atoms with Gasteiger partial charge >= 0.3 is 0 Å². The molecule has 2 aromatic heterocycles. The maximum Gasteiger partial charge on any atom is 0.277 e. The van der Waals surface area contributed by atoms with Crippen LogP contribution in [-0.4, -0.2) is 32.0 Å².